The Morgan fingerprint density at radius 3 is 1.15 bits per heavy atom. The van der Waals surface area contributed by atoms with Crippen molar-refractivity contribution in [2.75, 3.05) is 26.4 Å². The number of ether oxygens (including phenoxy) is 2. The lowest BCUT2D eigenvalue weighted by Crippen LogP contribution is -2.29. The van der Waals surface area contributed by atoms with Gasteiger partial charge in [-0.25, -0.2) is 4.57 Å². The highest BCUT2D eigenvalue weighted by Crippen LogP contribution is 2.43. The molecule has 2 unspecified atom stereocenters. The lowest BCUT2D eigenvalue weighted by atomic mass is 10.1. The van der Waals surface area contributed by atoms with E-state index in [2.05, 4.69) is 148 Å². The van der Waals surface area contributed by atoms with Crippen LogP contribution in [0.2, 0.25) is 0 Å². The summed E-state index contributed by atoms with van der Waals surface area (Å²) in [5.74, 6) is -0.869. The van der Waals surface area contributed by atoms with Gasteiger partial charge in [-0.05, 0) is 116 Å². The monoisotopic (exact) mass is 1010 g/mol. The number of phosphoric ester groups is 1. The lowest BCUT2D eigenvalue weighted by Gasteiger charge is -2.19. The molecular weight excluding hydrogens is 906 g/mol. The highest BCUT2D eigenvalue weighted by Gasteiger charge is 2.26. The van der Waals surface area contributed by atoms with E-state index in [0.29, 0.717) is 12.8 Å². The molecule has 0 spiro atoms. The molecule has 402 valence electrons. The van der Waals surface area contributed by atoms with Gasteiger partial charge < -0.3 is 20.1 Å². The SMILES string of the molecule is CC/C=C\C/C=C\C/C=C\C/C=C\C/C=C\C/C=C\C/C=C\C/C=C\C/C=C\CCCCCCCC(=O)OC(COC(=O)CCCCCCCCC/C=C\C/C=C\CCCCC)COP(=O)(O)OCCN. The number of carbonyl (C=O) groups is 2. The van der Waals surface area contributed by atoms with Crippen molar-refractivity contribution in [1.82, 2.24) is 0 Å². The fourth-order valence-corrected chi connectivity index (χ4v) is 7.72. The third-order valence-electron chi connectivity index (χ3n) is 11.0. The van der Waals surface area contributed by atoms with Gasteiger partial charge in [0.25, 0.3) is 0 Å². The van der Waals surface area contributed by atoms with E-state index in [1.165, 1.54) is 44.9 Å². The van der Waals surface area contributed by atoms with Crippen LogP contribution >= 0.6 is 7.82 Å². The smallest absolute Gasteiger partial charge is 0.462 e. The summed E-state index contributed by atoms with van der Waals surface area (Å²) in [5, 5.41) is 0. The van der Waals surface area contributed by atoms with E-state index < -0.39 is 32.5 Å². The molecule has 0 aliphatic heterocycles. The zero-order chi connectivity index (χ0) is 51.7. The Hall–Kier alpha value is -3.85. The van der Waals surface area contributed by atoms with Crippen LogP contribution in [0.25, 0.3) is 0 Å². The summed E-state index contributed by atoms with van der Waals surface area (Å²) in [6, 6.07) is 0. The van der Waals surface area contributed by atoms with Crippen LogP contribution in [0.1, 0.15) is 206 Å². The molecule has 0 rings (SSSR count). The number of hydrogen-bond donors (Lipinski definition) is 2. The first-order valence-corrected chi connectivity index (χ1v) is 29.2. The van der Waals surface area contributed by atoms with Crippen molar-refractivity contribution in [3.05, 3.63) is 134 Å². The number of phosphoric acid groups is 1. The van der Waals surface area contributed by atoms with Crippen molar-refractivity contribution in [1.29, 1.82) is 0 Å². The normalized spacial score (nSPS) is 14.1. The van der Waals surface area contributed by atoms with Crippen molar-refractivity contribution in [3.8, 4) is 0 Å². The van der Waals surface area contributed by atoms with Gasteiger partial charge in [-0.3, -0.25) is 18.6 Å². The van der Waals surface area contributed by atoms with Gasteiger partial charge in [-0.2, -0.15) is 0 Å². The highest BCUT2D eigenvalue weighted by atomic mass is 31.2. The minimum Gasteiger partial charge on any atom is -0.462 e. The van der Waals surface area contributed by atoms with Gasteiger partial charge in [0.2, 0.25) is 0 Å². The van der Waals surface area contributed by atoms with E-state index in [1.807, 2.05) is 0 Å². The molecule has 0 radical (unpaired) electrons. The number of carbonyl (C=O) groups excluding carboxylic acids is 2. The van der Waals surface area contributed by atoms with E-state index in [0.717, 1.165) is 122 Å². The largest absolute Gasteiger partial charge is 0.472 e. The van der Waals surface area contributed by atoms with Crippen molar-refractivity contribution < 1.29 is 37.6 Å². The number of allylic oxidation sites excluding steroid dienone is 22. The maximum absolute atomic E-state index is 12.7. The molecule has 0 aromatic carbocycles. The van der Waals surface area contributed by atoms with E-state index in [9.17, 15) is 19.0 Å². The van der Waals surface area contributed by atoms with Gasteiger partial charge in [0.1, 0.15) is 6.61 Å². The zero-order valence-electron chi connectivity index (χ0n) is 44.7. The summed E-state index contributed by atoms with van der Waals surface area (Å²) < 4.78 is 32.9. The second-order valence-corrected chi connectivity index (χ2v) is 19.2. The Bertz CT molecular complexity index is 1620. The molecule has 0 heterocycles. The fourth-order valence-electron chi connectivity index (χ4n) is 6.95. The van der Waals surface area contributed by atoms with E-state index in [1.54, 1.807) is 0 Å². The summed E-state index contributed by atoms with van der Waals surface area (Å²) in [4.78, 5) is 35.1. The first-order valence-electron chi connectivity index (χ1n) is 27.7. The van der Waals surface area contributed by atoms with E-state index >= 15 is 0 Å². The molecule has 0 aliphatic rings. The fraction of sp³-hybridized carbons (Fsp3) is 0.607. The quantitative estimate of drug-likeness (QED) is 0.0264. The summed E-state index contributed by atoms with van der Waals surface area (Å²) in [7, 11) is -4.40. The Labute approximate surface area is 434 Å². The van der Waals surface area contributed by atoms with Gasteiger partial charge in [0.15, 0.2) is 6.10 Å². The number of hydrogen-bond acceptors (Lipinski definition) is 8. The molecule has 0 saturated heterocycles. The lowest BCUT2D eigenvalue weighted by molar-refractivity contribution is -0.161. The number of rotatable bonds is 50. The van der Waals surface area contributed by atoms with Crippen LogP contribution in [-0.4, -0.2) is 49.3 Å². The summed E-state index contributed by atoms with van der Waals surface area (Å²) in [5.41, 5.74) is 5.37. The first-order chi connectivity index (χ1) is 34.8. The average Bonchev–Trinajstić information content (AvgIpc) is 3.36. The second kappa shape index (κ2) is 55.5. The Morgan fingerprint density at radius 2 is 0.775 bits per heavy atom. The van der Waals surface area contributed by atoms with Gasteiger partial charge >= 0.3 is 19.8 Å². The summed E-state index contributed by atoms with van der Waals surface area (Å²) >= 11 is 0. The van der Waals surface area contributed by atoms with Crippen LogP contribution in [-0.2, 0) is 32.7 Å². The van der Waals surface area contributed by atoms with Crippen molar-refractivity contribution in [2.45, 2.75) is 213 Å². The predicted molar refractivity (Wildman–Crippen MR) is 302 cm³/mol. The van der Waals surface area contributed by atoms with Crippen LogP contribution < -0.4 is 5.73 Å². The van der Waals surface area contributed by atoms with Crippen LogP contribution in [0.15, 0.2) is 134 Å². The predicted octanol–water partition coefficient (Wildman–Crippen LogP) is 17.4. The molecular formula is C61H100NO8P. The maximum Gasteiger partial charge on any atom is 0.472 e. The third kappa shape index (κ3) is 55.3. The van der Waals surface area contributed by atoms with E-state index in [-0.39, 0.29) is 32.6 Å². The van der Waals surface area contributed by atoms with Crippen molar-refractivity contribution in [3.63, 3.8) is 0 Å². The molecule has 0 bridgehead atoms. The standard InChI is InChI=1S/C61H100NO8P/c1-3-5-7-9-11-13-15-17-19-21-22-23-24-25-26-27-28-29-30-31-32-33-34-35-36-38-40-42-44-46-48-50-52-54-61(64)70-59(58-69-71(65,66)68-56-55-62)57-67-60(63)53-51-49-47-45-43-41-39-37-20-18-16-14-12-10-8-6-4-2/h5,7,11-14,17-20,22-23,25-26,28-29,31-32,34-35,38,40,59H,3-4,6,8-10,15-16,21,24,27,30,33,36-37,39,41-58,62H2,1-2H3,(H,65,66)/b7-5-,13-11-,14-12-,19-17-,20-18-,23-22-,26-25-,29-28-,32-31-,35-34-,40-38-. The Morgan fingerprint density at radius 1 is 0.437 bits per heavy atom. The molecule has 10 heteroatoms. The average molecular weight is 1010 g/mol. The van der Waals surface area contributed by atoms with Crippen LogP contribution in [0, 0.1) is 0 Å². The second-order valence-electron chi connectivity index (χ2n) is 17.7. The van der Waals surface area contributed by atoms with Gasteiger partial charge in [0.05, 0.1) is 13.2 Å². The molecule has 0 amide bonds. The van der Waals surface area contributed by atoms with Gasteiger partial charge in [0, 0.05) is 19.4 Å². The molecule has 0 aromatic rings. The number of esters is 2. The summed E-state index contributed by atoms with van der Waals surface area (Å²) in [6.07, 6.45) is 77.8. The molecule has 0 saturated carbocycles. The Balaban J connectivity index is 4.11. The molecule has 0 aliphatic carbocycles. The van der Waals surface area contributed by atoms with Gasteiger partial charge in [-0.15, -0.1) is 0 Å². The van der Waals surface area contributed by atoms with Crippen molar-refractivity contribution in [2.24, 2.45) is 5.73 Å². The van der Waals surface area contributed by atoms with Gasteiger partial charge in [-0.1, -0.05) is 212 Å². The number of unbranched alkanes of at least 4 members (excludes halogenated alkanes) is 15. The minimum atomic E-state index is -4.40. The molecule has 0 aromatic heterocycles. The number of nitrogens with two attached hydrogens (primary N) is 1. The van der Waals surface area contributed by atoms with Crippen LogP contribution in [0.3, 0.4) is 0 Å². The topological polar surface area (TPSA) is 134 Å². The molecule has 3 N–H and O–H groups in total. The summed E-state index contributed by atoms with van der Waals surface area (Å²) in [6.45, 7) is 3.55. The molecule has 0 fully saturated rings. The van der Waals surface area contributed by atoms with Crippen LogP contribution in [0.4, 0.5) is 0 Å². The first kappa shape index (κ1) is 67.1. The van der Waals surface area contributed by atoms with E-state index in [4.69, 9.17) is 24.3 Å². The van der Waals surface area contributed by atoms with Crippen LogP contribution in [0.5, 0.6) is 0 Å². The minimum absolute atomic E-state index is 0.0414. The highest BCUT2D eigenvalue weighted by molar-refractivity contribution is 7.47. The molecule has 71 heavy (non-hydrogen) atoms. The third-order valence-corrected chi connectivity index (χ3v) is 12.0. The maximum atomic E-state index is 12.7. The Kier molecular flexibility index (Phi) is 52.5. The molecule has 9 nitrogen and oxygen atoms in total. The molecule has 2 atom stereocenters. The van der Waals surface area contributed by atoms with Crippen molar-refractivity contribution >= 4 is 19.8 Å². The zero-order valence-corrected chi connectivity index (χ0v) is 45.5.